The van der Waals surface area contributed by atoms with Gasteiger partial charge in [0.15, 0.2) is 0 Å². The predicted molar refractivity (Wildman–Crippen MR) is 288 cm³/mol. The van der Waals surface area contributed by atoms with Gasteiger partial charge in [0.2, 0.25) is 29.5 Å². The zero-order valence-electron chi connectivity index (χ0n) is 43.8. The zero-order chi connectivity index (χ0) is 55.9. The third-order valence-corrected chi connectivity index (χ3v) is 15.0. The standard InChI is InChI=1S/C30H37N3O6.C29H36N4O6/c31-23(15-21-10-5-2-6-11-21)17-24(34)16-22(14-20-8-3-1-4-9-20)28(36)32-13-7-12-26(32)29(37)33-19-25(35)18-27(33)30(38)39;30-23(15-20-10-5-2-6-11-20)28(38)32-13-7-12-24(32)29(39)33-18-22(34)17-25(33)27(37)31-21(16-26(35)36)14-19-8-3-1-4-9-19/h1-6,8-11,22-23,25-27,35H,7,12-19,31H2,(H,38,39);1-6,8-11,21-25,34H,7,12-18,30H2,(H,31,37)(H,35,36). The van der Waals surface area contributed by atoms with Crippen LogP contribution in [-0.4, -0.2) is 168 Å². The molecular weight excluding hydrogens is 999 g/mol. The van der Waals surface area contributed by atoms with Gasteiger partial charge in [0.05, 0.1) is 24.7 Å². The molecule has 4 aliphatic rings. The third kappa shape index (κ3) is 15.9. The summed E-state index contributed by atoms with van der Waals surface area (Å²) in [6.07, 6.45) is 1.70. The first-order chi connectivity index (χ1) is 37.4. The van der Waals surface area contributed by atoms with Gasteiger partial charge in [-0.05, 0) is 73.6 Å². The molecule has 0 aliphatic carbocycles. The summed E-state index contributed by atoms with van der Waals surface area (Å²) < 4.78 is 0. The molecule has 0 radical (unpaired) electrons. The lowest BCUT2D eigenvalue weighted by atomic mass is 9.90. The van der Waals surface area contributed by atoms with E-state index < -0.39 is 84.0 Å². The molecule has 19 nitrogen and oxygen atoms in total. The molecule has 9 N–H and O–H groups in total. The molecule has 4 heterocycles. The maximum absolute atomic E-state index is 13.9. The fraction of sp³-hybridized carbons (Fsp3) is 0.458. The van der Waals surface area contributed by atoms with E-state index in [1.807, 2.05) is 121 Å². The van der Waals surface area contributed by atoms with Crippen LogP contribution in [0.1, 0.15) is 80.0 Å². The van der Waals surface area contributed by atoms with Crippen LogP contribution in [0, 0.1) is 5.92 Å². The number of hydrogen-bond donors (Lipinski definition) is 7. The number of nitrogens with two attached hydrogens (primary N) is 2. The smallest absolute Gasteiger partial charge is 0.326 e. The Morgan fingerprint density at radius 2 is 0.949 bits per heavy atom. The Labute approximate surface area is 454 Å². The van der Waals surface area contributed by atoms with E-state index in [1.165, 1.54) is 19.6 Å². The number of nitrogens with one attached hydrogen (secondary N) is 1. The topological polar surface area (TPSA) is 295 Å². The Balaban J connectivity index is 0.000000226. The molecule has 416 valence electrons. The molecule has 19 heteroatoms. The minimum absolute atomic E-state index is 0.00775. The first-order valence-corrected chi connectivity index (χ1v) is 27.0. The van der Waals surface area contributed by atoms with Crippen molar-refractivity contribution in [3.63, 3.8) is 0 Å². The molecular formula is C59H73N7O12. The average Bonchev–Trinajstić information content (AvgIpc) is 4.28. The van der Waals surface area contributed by atoms with E-state index in [4.69, 9.17) is 11.5 Å². The highest BCUT2D eigenvalue weighted by Gasteiger charge is 2.47. The maximum atomic E-state index is 13.9. The van der Waals surface area contributed by atoms with Gasteiger partial charge >= 0.3 is 11.9 Å². The fourth-order valence-electron chi connectivity index (χ4n) is 11.3. The number of rotatable bonds is 21. The number of aliphatic hydroxyl groups excluding tert-OH is 2. The molecule has 4 aromatic carbocycles. The van der Waals surface area contributed by atoms with E-state index in [-0.39, 0.29) is 68.8 Å². The van der Waals surface area contributed by atoms with Gasteiger partial charge in [-0.15, -0.1) is 0 Å². The minimum atomic E-state index is -1.17. The summed E-state index contributed by atoms with van der Waals surface area (Å²) in [6.45, 7) is 0.645. The summed E-state index contributed by atoms with van der Waals surface area (Å²) in [6, 6.07) is 32.3. The number of aliphatic carboxylic acids is 2. The highest BCUT2D eigenvalue weighted by Crippen LogP contribution is 2.30. The van der Waals surface area contributed by atoms with Crippen molar-refractivity contribution >= 4 is 47.3 Å². The maximum Gasteiger partial charge on any atom is 0.326 e. The molecule has 0 spiro atoms. The van der Waals surface area contributed by atoms with E-state index in [2.05, 4.69) is 5.32 Å². The third-order valence-electron chi connectivity index (χ3n) is 15.0. The van der Waals surface area contributed by atoms with Crippen LogP contribution in [0.2, 0.25) is 0 Å². The number of carbonyl (C=O) groups excluding carboxylic acids is 6. The van der Waals surface area contributed by atoms with Gasteiger partial charge in [-0.3, -0.25) is 33.6 Å². The molecule has 0 saturated carbocycles. The number of Topliss-reactive ketones (excluding diaryl/α,β-unsaturated/α-hetero) is 1. The number of nitrogens with zero attached hydrogens (tertiary/aromatic N) is 4. The van der Waals surface area contributed by atoms with Crippen molar-refractivity contribution in [2.24, 2.45) is 17.4 Å². The number of β-amino-alcohol motifs (C(OH)–C–C–N with tert-alkyl or cyclic N) is 2. The van der Waals surface area contributed by atoms with Crippen LogP contribution in [0.5, 0.6) is 0 Å². The summed E-state index contributed by atoms with van der Waals surface area (Å²) in [5.41, 5.74) is 16.3. The van der Waals surface area contributed by atoms with Gasteiger partial charge < -0.3 is 56.8 Å². The molecule has 0 aromatic heterocycles. The zero-order valence-corrected chi connectivity index (χ0v) is 43.8. The number of amides is 5. The van der Waals surface area contributed by atoms with Gasteiger partial charge in [-0.25, -0.2) is 4.79 Å². The number of carboxylic acids is 2. The van der Waals surface area contributed by atoms with E-state index in [9.17, 15) is 58.8 Å². The van der Waals surface area contributed by atoms with E-state index in [1.54, 1.807) is 0 Å². The van der Waals surface area contributed by atoms with Crippen LogP contribution >= 0.6 is 0 Å². The average molecular weight is 1070 g/mol. The summed E-state index contributed by atoms with van der Waals surface area (Å²) >= 11 is 0. The van der Waals surface area contributed by atoms with E-state index in [0.29, 0.717) is 64.5 Å². The van der Waals surface area contributed by atoms with Gasteiger partial charge in [-0.2, -0.15) is 0 Å². The number of likely N-dealkylation sites (tertiary alicyclic amines) is 4. The number of carboxylic acid groups (broad SMARTS) is 2. The van der Waals surface area contributed by atoms with Crippen LogP contribution in [0.4, 0.5) is 0 Å². The Bertz CT molecular complexity index is 2680. The van der Waals surface area contributed by atoms with Gasteiger partial charge in [0.1, 0.15) is 30.0 Å². The lowest BCUT2D eigenvalue weighted by Gasteiger charge is -2.32. The molecule has 78 heavy (non-hydrogen) atoms. The first kappa shape index (κ1) is 58.4. The molecule has 0 bridgehead atoms. The summed E-state index contributed by atoms with van der Waals surface area (Å²) in [5, 5.41) is 42.1. The largest absolute Gasteiger partial charge is 0.481 e. The van der Waals surface area contributed by atoms with Crippen molar-refractivity contribution in [1.82, 2.24) is 24.9 Å². The predicted octanol–water partition coefficient (Wildman–Crippen LogP) is 2.51. The summed E-state index contributed by atoms with van der Waals surface area (Å²) in [5.74, 6) is -4.98. The molecule has 5 amide bonds. The Kier molecular flexibility index (Phi) is 20.8. The van der Waals surface area contributed by atoms with Crippen molar-refractivity contribution in [2.45, 2.75) is 138 Å². The molecule has 10 unspecified atom stereocenters. The van der Waals surface area contributed by atoms with Crippen molar-refractivity contribution in [3.8, 4) is 0 Å². The number of ketones is 1. The van der Waals surface area contributed by atoms with Crippen LogP contribution in [0.15, 0.2) is 121 Å². The highest BCUT2D eigenvalue weighted by atomic mass is 16.4. The quantitative estimate of drug-likeness (QED) is 0.0632. The highest BCUT2D eigenvalue weighted by molar-refractivity contribution is 5.95. The number of carbonyl (C=O) groups is 8. The summed E-state index contributed by atoms with van der Waals surface area (Å²) in [7, 11) is 0. The van der Waals surface area contributed by atoms with E-state index in [0.717, 1.165) is 22.3 Å². The fourth-order valence-corrected chi connectivity index (χ4v) is 11.3. The Hall–Kier alpha value is -7.32. The summed E-state index contributed by atoms with van der Waals surface area (Å²) in [4.78, 5) is 109. The second-order valence-electron chi connectivity index (χ2n) is 21.1. The van der Waals surface area contributed by atoms with Crippen LogP contribution < -0.4 is 16.8 Å². The van der Waals surface area contributed by atoms with Crippen molar-refractivity contribution in [2.75, 3.05) is 26.2 Å². The van der Waals surface area contributed by atoms with Gasteiger partial charge in [-0.1, -0.05) is 121 Å². The first-order valence-electron chi connectivity index (χ1n) is 27.0. The molecule has 8 rings (SSSR count). The molecule has 10 atom stereocenters. The van der Waals surface area contributed by atoms with Gasteiger partial charge in [0.25, 0.3) is 0 Å². The van der Waals surface area contributed by atoms with E-state index >= 15 is 0 Å². The Morgan fingerprint density at radius 1 is 0.513 bits per heavy atom. The lowest BCUT2D eigenvalue weighted by Crippen LogP contribution is -2.56. The van der Waals surface area contributed by atoms with Gasteiger partial charge in [0, 0.05) is 69.9 Å². The Morgan fingerprint density at radius 3 is 1.44 bits per heavy atom. The van der Waals surface area contributed by atoms with Crippen LogP contribution in [-0.2, 0) is 64.0 Å². The monoisotopic (exact) mass is 1070 g/mol. The van der Waals surface area contributed by atoms with Crippen LogP contribution in [0.3, 0.4) is 0 Å². The normalized spacial score (nSPS) is 22.4. The molecule has 4 saturated heterocycles. The molecule has 4 aliphatic heterocycles. The lowest BCUT2D eigenvalue weighted by molar-refractivity contribution is -0.152. The van der Waals surface area contributed by atoms with Crippen molar-refractivity contribution in [1.29, 1.82) is 0 Å². The second-order valence-corrected chi connectivity index (χ2v) is 21.1. The van der Waals surface area contributed by atoms with Crippen molar-refractivity contribution in [3.05, 3.63) is 144 Å². The molecule has 4 aromatic rings. The SMILES string of the molecule is NC(CC(=O)CC(Cc1ccccc1)C(=O)N1CCCC1C(=O)N1CC(O)CC1C(=O)O)Cc1ccccc1.NC(Cc1ccccc1)C(=O)N1CCCC1C(=O)N1CC(O)CC1C(=O)NC(CC(=O)O)Cc1ccccc1. The number of hydrogen-bond acceptors (Lipinski definition) is 12. The second kappa shape index (κ2) is 27.8. The van der Waals surface area contributed by atoms with Crippen molar-refractivity contribution < 1.29 is 58.8 Å². The number of aliphatic hydroxyl groups is 2. The minimum Gasteiger partial charge on any atom is -0.481 e. The molecule has 4 fully saturated rings. The number of benzene rings is 4. The van der Waals surface area contributed by atoms with Crippen LogP contribution in [0.25, 0.3) is 0 Å².